The molecule has 0 spiro atoms. The fraction of sp³-hybridized carbons (Fsp3) is 0.280. The minimum absolute atomic E-state index is 0.0184. The summed E-state index contributed by atoms with van der Waals surface area (Å²) in [6, 6.07) is 17.8. The van der Waals surface area contributed by atoms with E-state index in [-0.39, 0.29) is 12.5 Å². The van der Waals surface area contributed by atoms with Gasteiger partial charge < -0.3 is 14.4 Å². The number of benzene rings is 2. The number of carbonyl (C=O) groups excluding carboxylic acids is 1. The summed E-state index contributed by atoms with van der Waals surface area (Å²) >= 11 is 3.40. The van der Waals surface area contributed by atoms with E-state index in [9.17, 15) is 4.79 Å². The van der Waals surface area contributed by atoms with E-state index >= 15 is 0 Å². The number of pyridine rings is 1. The molecule has 2 aromatic carbocycles. The lowest BCUT2D eigenvalue weighted by atomic mass is 10.0. The number of aromatic nitrogens is 1. The van der Waals surface area contributed by atoms with Crippen molar-refractivity contribution >= 4 is 21.8 Å². The summed E-state index contributed by atoms with van der Waals surface area (Å²) in [5, 5.41) is 0. The van der Waals surface area contributed by atoms with Crippen molar-refractivity contribution in [3.05, 3.63) is 77.0 Å². The zero-order valence-corrected chi connectivity index (χ0v) is 19.6. The third kappa shape index (κ3) is 5.66. The Morgan fingerprint density at radius 2 is 1.69 bits per heavy atom. The van der Waals surface area contributed by atoms with Crippen LogP contribution in [0.5, 0.6) is 11.5 Å². The number of ether oxygens (including phenoxy) is 2. The van der Waals surface area contributed by atoms with Crippen molar-refractivity contribution in [3.63, 3.8) is 0 Å². The van der Waals surface area contributed by atoms with Crippen LogP contribution in [-0.4, -0.2) is 60.6 Å². The van der Waals surface area contributed by atoms with Crippen LogP contribution in [0.2, 0.25) is 0 Å². The Morgan fingerprint density at radius 1 is 0.969 bits per heavy atom. The maximum absolute atomic E-state index is 12.6. The minimum atomic E-state index is 0.0184. The first-order valence-corrected chi connectivity index (χ1v) is 11.4. The molecule has 1 aliphatic heterocycles. The quantitative estimate of drug-likeness (QED) is 0.490. The maximum atomic E-state index is 12.6. The zero-order valence-electron chi connectivity index (χ0n) is 18.0. The summed E-state index contributed by atoms with van der Waals surface area (Å²) in [6.07, 6.45) is 3.60. The predicted molar refractivity (Wildman–Crippen MR) is 128 cm³/mol. The summed E-state index contributed by atoms with van der Waals surface area (Å²) in [6.45, 7) is 3.84. The van der Waals surface area contributed by atoms with Crippen molar-refractivity contribution in [3.8, 4) is 22.6 Å². The Hall–Kier alpha value is -2.90. The number of piperazine rings is 1. The molecular formula is C25H26BrN3O3. The molecule has 1 amide bonds. The summed E-state index contributed by atoms with van der Waals surface area (Å²) in [5.41, 5.74) is 3.41. The van der Waals surface area contributed by atoms with Gasteiger partial charge in [0.1, 0.15) is 11.5 Å². The van der Waals surface area contributed by atoms with E-state index in [1.54, 1.807) is 19.5 Å². The van der Waals surface area contributed by atoms with Gasteiger partial charge in [0.15, 0.2) is 6.61 Å². The molecule has 0 bridgehead atoms. The van der Waals surface area contributed by atoms with Gasteiger partial charge in [-0.2, -0.15) is 0 Å². The van der Waals surface area contributed by atoms with Gasteiger partial charge in [-0.25, -0.2) is 0 Å². The van der Waals surface area contributed by atoms with Crippen LogP contribution < -0.4 is 9.47 Å². The highest BCUT2D eigenvalue weighted by Crippen LogP contribution is 2.27. The molecule has 32 heavy (non-hydrogen) atoms. The van der Waals surface area contributed by atoms with E-state index in [0.717, 1.165) is 46.5 Å². The molecule has 0 atom stereocenters. The molecule has 1 fully saturated rings. The molecule has 4 rings (SSSR count). The van der Waals surface area contributed by atoms with Crippen LogP contribution in [0.4, 0.5) is 0 Å². The molecule has 166 valence electrons. The largest absolute Gasteiger partial charge is 0.496 e. The van der Waals surface area contributed by atoms with Crippen molar-refractivity contribution in [1.82, 2.24) is 14.8 Å². The van der Waals surface area contributed by atoms with Gasteiger partial charge in [0, 0.05) is 55.2 Å². The SMILES string of the molecule is COc1ccc(-c2ccncc2)cc1CN1CCN(C(=O)COc2ccc(Br)cc2)CC1. The fourth-order valence-electron chi connectivity index (χ4n) is 3.79. The molecule has 0 unspecified atom stereocenters. The minimum Gasteiger partial charge on any atom is -0.496 e. The first kappa shape index (κ1) is 22.3. The molecule has 1 aliphatic rings. The Balaban J connectivity index is 1.32. The Bertz CT molecular complexity index is 1040. The summed E-state index contributed by atoms with van der Waals surface area (Å²) < 4.78 is 12.2. The fourth-order valence-corrected chi connectivity index (χ4v) is 4.05. The number of carbonyl (C=O) groups is 1. The zero-order chi connectivity index (χ0) is 22.3. The molecule has 0 radical (unpaired) electrons. The molecule has 6 nitrogen and oxygen atoms in total. The smallest absolute Gasteiger partial charge is 0.260 e. The van der Waals surface area contributed by atoms with Crippen molar-refractivity contribution in [1.29, 1.82) is 0 Å². The van der Waals surface area contributed by atoms with Gasteiger partial charge in [0.25, 0.3) is 5.91 Å². The molecule has 0 aliphatic carbocycles. The second kappa shape index (κ2) is 10.6. The van der Waals surface area contributed by atoms with Crippen LogP contribution in [0.25, 0.3) is 11.1 Å². The topological polar surface area (TPSA) is 54.9 Å². The van der Waals surface area contributed by atoms with Gasteiger partial charge in [-0.05, 0) is 59.7 Å². The third-order valence-electron chi connectivity index (χ3n) is 5.59. The van der Waals surface area contributed by atoms with Gasteiger partial charge in [0.05, 0.1) is 7.11 Å². The summed E-state index contributed by atoms with van der Waals surface area (Å²) in [7, 11) is 1.70. The van der Waals surface area contributed by atoms with E-state index in [1.165, 1.54) is 0 Å². The van der Waals surface area contributed by atoms with Crippen molar-refractivity contribution < 1.29 is 14.3 Å². The number of hydrogen-bond acceptors (Lipinski definition) is 5. The van der Waals surface area contributed by atoms with Crippen LogP contribution in [0, 0.1) is 0 Å². The Labute approximate surface area is 196 Å². The number of amides is 1. The highest BCUT2D eigenvalue weighted by molar-refractivity contribution is 9.10. The molecule has 0 saturated carbocycles. The predicted octanol–water partition coefficient (Wildman–Crippen LogP) is 4.24. The standard InChI is InChI=1S/C25H26BrN3O3/c1-31-24-7-2-20(19-8-10-27-11-9-19)16-21(24)17-28-12-14-29(15-13-28)25(30)18-32-23-5-3-22(26)4-6-23/h2-11,16H,12-15,17-18H2,1H3. The second-order valence-electron chi connectivity index (χ2n) is 7.66. The molecule has 2 heterocycles. The van der Waals surface area contributed by atoms with E-state index < -0.39 is 0 Å². The first-order valence-electron chi connectivity index (χ1n) is 10.6. The molecular weight excluding hydrogens is 470 g/mol. The average molecular weight is 496 g/mol. The summed E-state index contributed by atoms with van der Waals surface area (Å²) in [4.78, 5) is 20.9. The molecule has 7 heteroatoms. The maximum Gasteiger partial charge on any atom is 0.260 e. The lowest BCUT2D eigenvalue weighted by molar-refractivity contribution is -0.135. The van der Waals surface area contributed by atoms with Gasteiger partial charge in [0.2, 0.25) is 0 Å². The van der Waals surface area contributed by atoms with Gasteiger partial charge in [-0.1, -0.05) is 22.0 Å². The van der Waals surface area contributed by atoms with Gasteiger partial charge in [-0.3, -0.25) is 14.7 Å². The van der Waals surface area contributed by atoms with Crippen LogP contribution in [0.15, 0.2) is 71.5 Å². The highest BCUT2D eigenvalue weighted by Gasteiger charge is 2.22. The average Bonchev–Trinajstić information content (AvgIpc) is 2.84. The molecule has 3 aromatic rings. The van der Waals surface area contributed by atoms with Gasteiger partial charge in [-0.15, -0.1) is 0 Å². The van der Waals surface area contributed by atoms with Crippen molar-refractivity contribution in [2.24, 2.45) is 0 Å². The lowest BCUT2D eigenvalue weighted by Crippen LogP contribution is -2.49. The summed E-state index contributed by atoms with van der Waals surface area (Å²) in [5.74, 6) is 1.59. The first-order chi connectivity index (χ1) is 15.6. The number of nitrogens with zero attached hydrogens (tertiary/aromatic N) is 3. The Morgan fingerprint density at radius 3 is 2.38 bits per heavy atom. The number of methoxy groups -OCH3 is 1. The van der Waals surface area contributed by atoms with Crippen LogP contribution in [0.3, 0.4) is 0 Å². The molecule has 0 N–H and O–H groups in total. The van der Waals surface area contributed by atoms with Crippen LogP contribution in [-0.2, 0) is 11.3 Å². The number of rotatable bonds is 7. The Kier molecular flexibility index (Phi) is 7.39. The third-order valence-corrected chi connectivity index (χ3v) is 6.12. The molecule has 1 saturated heterocycles. The van der Waals surface area contributed by atoms with E-state index in [1.807, 2.05) is 47.4 Å². The van der Waals surface area contributed by atoms with Gasteiger partial charge >= 0.3 is 0 Å². The van der Waals surface area contributed by atoms with Crippen LogP contribution in [0.1, 0.15) is 5.56 Å². The molecule has 1 aromatic heterocycles. The van der Waals surface area contributed by atoms with E-state index in [0.29, 0.717) is 18.8 Å². The lowest BCUT2D eigenvalue weighted by Gasteiger charge is -2.35. The van der Waals surface area contributed by atoms with Crippen molar-refractivity contribution in [2.45, 2.75) is 6.54 Å². The normalized spacial score (nSPS) is 14.2. The number of hydrogen-bond donors (Lipinski definition) is 0. The van der Waals surface area contributed by atoms with E-state index in [2.05, 4.69) is 37.9 Å². The van der Waals surface area contributed by atoms with Crippen molar-refractivity contribution in [2.75, 3.05) is 39.9 Å². The second-order valence-corrected chi connectivity index (χ2v) is 8.58. The van der Waals surface area contributed by atoms with Crippen LogP contribution >= 0.6 is 15.9 Å². The highest BCUT2D eigenvalue weighted by atomic mass is 79.9. The number of halogens is 1. The van der Waals surface area contributed by atoms with E-state index in [4.69, 9.17) is 9.47 Å². The monoisotopic (exact) mass is 495 g/mol.